The molecule has 1 atom stereocenters. The van der Waals surface area contributed by atoms with E-state index in [0.717, 1.165) is 16.7 Å². The summed E-state index contributed by atoms with van der Waals surface area (Å²) in [6.07, 6.45) is 0. The predicted molar refractivity (Wildman–Crippen MR) is 106 cm³/mol. The lowest BCUT2D eigenvalue weighted by atomic mass is 10.1. The largest absolute Gasteiger partial charge is 0.460 e. The molecule has 0 aliphatic heterocycles. The van der Waals surface area contributed by atoms with Crippen LogP contribution in [0.2, 0.25) is 5.02 Å². The predicted octanol–water partition coefficient (Wildman–Crippen LogP) is 4.00. The molecule has 0 aromatic heterocycles. The van der Waals surface area contributed by atoms with E-state index in [0.29, 0.717) is 5.02 Å². The number of sulfonamides is 1. The molecule has 2 aromatic carbocycles. The van der Waals surface area contributed by atoms with Gasteiger partial charge in [0.1, 0.15) is 12.6 Å². The van der Waals surface area contributed by atoms with Crippen LogP contribution in [-0.2, 0) is 26.2 Å². The van der Waals surface area contributed by atoms with Gasteiger partial charge in [0.2, 0.25) is 10.0 Å². The van der Waals surface area contributed by atoms with Gasteiger partial charge in [-0.25, -0.2) is 8.42 Å². The second kappa shape index (κ2) is 8.87. The van der Waals surface area contributed by atoms with Crippen molar-refractivity contribution in [3.05, 3.63) is 64.2 Å². The molecule has 0 unspecified atom stereocenters. The minimum Gasteiger partial charge on any atom is -0.460 e. The Morgan fingerprint density at radius 1 is 1.11 bits per heavy atom. The molecule has 0 amide bonds. The van der Waals surface area contributed by atoms with E-state index in [1.807, 2.05) is 32.0 Å². The average Bonchev–Trinajstić information content (AvgIpc) is 2.60. The summed E-state index contributed by atoms with van der Waals surface area (Å²) in [5.74, 6) is -0.887. The molecule has 2 rings (SSSR count). The van der Waals surface area contributed by atoms with Crippen LogP contribution in [0.15, 0.2) is 47.4 Å². The summed E-state index contributed by atoms with van der Waals surface area (Å²) in [5, 5.41) is 0.433. The van der Waals surface area contributed by atoms with Crippen molar-refractivity contribution in [1.82, 2.24) is 4.72 Å². The van der Waals surface area contributed by atoms with Crippen molar-refractivity contribution < 1.29 is 17.9 Å². The van der Waals surface area contributed by atoms with Gasteiger partial charge < -0.3 is 4.74 Å². The number of aryl methyl sites for hydroxylation is 2. The third-order valence-corrected chi connectivity index (χ3v) is 5.91. The smallest absolute Gasteiger partial charge is 0.324 e. The molecule has 0 bridgehead atoms. The summed E-state index contributed by atoms with van der Waals surface area (Å²) >= 11 is 5.80. The Morgan fingerprint density at radius 3 is 2.33 bits per heavy atom. The first-order valence-electron chi connectivity index (χ1n) is 8.61. The third kappa shape index (κ3) is 5.79. The van der Waals surface area contributed by atoms with Crippen molar-refractivity contribution in [2.75, 3.05) is 0 Å². The lowest BCUT2D eigenvalue weighted by Crippen LogP contribution is -2.45. The SMILES string of the molecule is Cc1ccc(C)c(COC(=O)[C@@H](NS(=O)(=O)c2ccc(Cl)cc2)C(C)C)c1. The fourth-order valence-corrected chi connectivity index (χ4v) is 3.96. The highest BCUT2D eigenvalue weighted by atomic mass is 35.5. The zero-order valence-electron chi connectivity index (χ0n) is 15.8. The zero-order chi connectivity index (χ0) is 20.2. The summed E-state index contributed by atoms with van der Waals surface area (Å²) in [7, 11) is -3.87. The van der Waals surface area contributed by atoms with Crippen LogP contribution in [0, 0.1) is 19.8 Å². The maximum absolute atomic E-state index is 12.6. The van der Waals surface area contributed by atoms with Crippen molar-refractivity contribution in [1.29, 1.82) is 0 Å². The molecular weight excluding hydrogens is 386 g/mol. The number of benzene rings is 2. The lowest BCUT2D eigenvalue weighted by molar-refractivity contribution is -0.148. The molecule has 0 spiro atoms. The van der Waals surface area contributed by atoms with E-state index in [2.05, 4.69) is 4.72 Å². The number of ether oxygens (including phenoxy) is 1. The number of carbonyl (C=O) groups is 1. The molecule has 27 heavy (non-hydrogen) atoms. The van der Waals surface area contributed by atoms with Crippen molar-refractivity contribution in [2.24, 2.45) is 5.92 Å². The molecule has 1 N–H and O–H groups in total. The summed E-state index contributed by atoms with van der Waals surface area (Å²) in [6.45, 7) is 7.51. The number of hydrogen-bond acceptors (Lipinski definition) is 4. The number of nitrogens with one attached hydrogen (secondary N) is 1. The van der Waals surface area contributed by atoms with Crippen LogP contribution in [0.5, 0.6) is 0 Å². The fraction of sp³-hybridized carbons (Fsp3) is 0.350. The van der Waals surface area contributed by atoms with E-state index < -0.39 is 22.0 Å². The Bertz CT molecular complexity index is 908. The second-order valence-corrected chi connectivity index (χ2v) is 8.98. The first-order valence-corrected chi connectivity index (χ1v) is 10.5. The molecule has 2 aromatic rings. The molecule has 146 valence electrons. The van der Waals surface area contributed by atoms with Crippen molar-refractivity contribution in [3.8, 4) is 0 Å². The summed E-state index contributed by atoms with van der Waals surface area (Å²) in [6, 6.07) is 10.7. The lowest BCUT2D eigenvalue weighted by Gasteiger charge is -2.21. The summed E-state index contributed by atoms with van der Waals surface area (Å²) in [5.41, 5.74) is 2.97. The van der Waals surface area contributed by atoms with E-state index in [4.69, 9.17) is 16.3 Å². The van der Waals surface area contributed by atoms with Gasteiger partial charge in [0.25, 0.3) is 0 Å². The fourth-order valence-electron chi connectivity index (χ4n) is 2.50. The number of hydrogen-bond donors (Lipinski definition) is 1. The summed E-state index contributed by atoms with van der Waals surface area (Å²) in [4.78, 5) is 12.6. The van der Waals surface area contributed by atoms with Gasteiger partial charge in [0.15, 0.2) is 0 Å². The molecule has 0 saturated heterocycles. The Balaban J connectivity index is 2.13. The van der Waals surface area contributed by atoms with Crippen LogP contribution in [0.4, 0.5) is 0 Å². The van der Waals surface area contributed by atoms with Gasteiger partial charge in [-0.15, -0.1) is 0 Å². The number of halogens is 1. The molecule has 0 heterocycles. The monoisotopic (exact) mass is 409 g/mol. The highest BCUT2D eigenvalue weighted by molar-refractivity contribution is 7.89. The Kier molecular flexibility index (Phi) is 7.03. The molecule has 0 aliphatic rings. The Labute approximate surface area is 165 Å². The maximum atomic E-state index is 12.6. The topological polar surface area (TPSA) is 72.5 Å². The molecule has 7 heteroatoms. The van der Waals surface area contributed by atoms with Gasteiger partial charge >= 0.3 is 5.97 Å². The molecular formula is C20H24ClNO4S. The number of carbonyl (C=O) groups excluding carboxylic acids is 1. The maximum Gasteiger partial charge on any atom is 0.324 e. The second-order valence-electron chi connectivity index (χ2n) is 6.83. The first kappa shape index (κ1) is 21.4. The van der Waals surface area contributed by atoms with Crippen molar-refractivity contribution in [2.45, 2.75) is 45.2 Å². The summed E-state index contributed by atoms with van der Waals surface area (Å²) < 4.78 is 33.0. The molecule has 0 fully saturated rings. The van der Waals surface area contributed by atoms with Crippen molar-refractivity contribution in [3.63, 3.8) is 0 Å². The minimum absolute atomic E-state index is 0.0416. The molecule has 0 saturated carbocycles. The third-order valence-electron chi connectivity index (χ3n) is 4.20. The van der Waals surface area contributed by atoms with Gasteiger partial charge in [-0.3, -0.25) is 4.79 Å². The van der Waals surface area contributed by atoms with Crippen LogP contribution >= 0.6 is 11.6 Å². The molecule has 0 radical (unpaired) electrons. The van der Waals surface area contributed by atoms with Gasteiger partial charge in [0, 0.05) is 5.02 Å². The zero-order valence-corrected chi connectivity index (χ0v) is 17.4. The van der Waals surface area contributed by atoms with E-state index in [9.17, 15) is 13.2 Å². The van der Waals surface area contributed by atoms with Crippen LogP contribution < -0.4 is 4.72 Å². The van der Waals surface area contributed by atoms with Crippen LogP contribution in [0.25, 0.3) is 0 Å². The number of esters is 1. The van der Waals surface area contributed by atoms with Gasteiger partial charge in [0.05, 0.1) is 4.90 Å². The van der Waals surface area contributed by atoms with Gasteiger partial charge in [-0.1, -0.05) is 49.2 Å². The van der Waals surface area contributed by atoms with E-state index in [-0.39, 0.29) is 17.4 Å². The van der Waals surface area contributed by atoms with Crippen LogP contribution in [-0.4, -0.2) is 20.4 Å². The normalized spacial score (nSPS) is 12.8. The molecule has 5 nitrogen and oxygen atoms in total. The highest BCUT2D eigenvalue weighted by Crippen LogP contribution is 2.17. The standard InChI is InChI=1S/C20H24ClNO4S/c1-13(2)19(22-27(24,25)18-9-7-17(21)8-10-18)20(23)26-12-16-11-14(3)5-6-15(16)4/h5-11,13,19,22H,12H2,1-4H3/t19-/m0/s1. The number of rotatable bonds is 7. The minimum atomic E-state index is -3.87. The van der Waals surface area contributed by atoms with Gasteiger partial charge in [-0.2, -0.15) is 4.72 Å². The quantitative estimate of drug-likeness (QED) is 0.701. The molecule has 0 aliphatic carbocycles. The van der Waals surface area contributed by atoms with E-state index >= 15 is 0 Å². The van der Waals surface area contributed by atoms with Crippen LogP contribution in [0.1, 0.15) is 30.5 Å². The van der Waals surface area contributed by atoms with E-state index in [1.54, 1.807) is 13.8 Å². The van der Waals surface area contributed by atoms with Crippen molar-refractivity contribution >= 4 is 27.6 Å². The van der Waals surface area contributed by atoms with E-state index in [1.165, 1.54) is 24.3 Å². The highest BCUT2D eigenvalue weighted by Gasteiger charge is 2.29. The Hall–Kier alpha value is -1.89. The average molecular weight is 410 g/mol. The van der Waals surface area contributed by atoms with Crippen LogP contribution in [0.3, 0.4) is 0 Å². The first-order chi connectivity index (χ1) is 12.6. The van der Waals surface area contributed by atoms with Gasteiger partial charge in [-0.05, 0) is 55.2 Å². The Morgan fingerprint density at radius 2 is 1.74 bits per heavy atom.